The molecule has 2 N–H and O–H groups in total. The molecule has 5 heterocycles. The van der Waals surface area contributed by atoms with Crippen LogP contribution < -0.4 is 4.74 Å². The van der Waals surface area contributed by atoms with E-state index in [1.807, 2.05) is 66.7 Å². The van der Waals surface area contributed by atoms with Crippen molar-refractivity contribution >= 4 is 21.9 Å². The maximum absolute atomic E-state index is 5.97. The van der Waals surface area contributed by atoms with Gasteiger partial charge in [0.1, 0.15) is 18.1 Å². The number of pyridine rings is 3. The number of aromatic amines is 2. The summed E-state index contributed by atoms with van der Waals surface area (Å²) in [5, 5.41) is 8.57. The molecule has 7 rings (SSSR count). The van der Waals surface area contributed by atoms with Crippen LogP contribution in [0.1, 0.15) is 5.56 Å². The SMILES string of the molecule is c1ccc(COc2cncc(-c3cc4c(-c5nc6c(-c7ccncc7)cccc6[nH]5)n[nH]c4cn3)c2)cc1. The average Bonchev–Trinajstić information content (AvgIpc) is 3.61. The minimum atomic E-state index is 0.470. The van der Waals surface area contributed by atoms with Crippen molar-refractivity contribution in [3.63, 3.8) is 0 Å². The Morgan fingerprint density at radius 3 is 2.55 bits per heavy atom. The lowest BCUT2D eigenvalue weighted by molar-refractivity contribution is 0.305. The predicted molar refractivity (Wildman–Crippen MR) is 146 cm³/mol. The molecule has 0 aliphatic rings. The molecule has 0 saturated carbocycles. The van der Waals surface area contributed by atoms with Gasteiger partial charge in [0, 0.05) is 35.1 Å². The highest BCUT2D eigenvalue weighted by molar-refractivity contribution is 5.97. The molecule has 0 spiro atoms. The topological polar surface area (TPSA) is 105 Å². The van der Waals surface area contributed by atoms with Crippen LogP contribution in [0.25, 0.3) is 55.8 Å². The van der Waals surface area contributed by atoms with Crippen molar-refractivity contribution in [2.45, 2.75) is 6.61 Å². The molecule has 5 aromatic heterocycles. The number of H-pyrrole nitrogens is 2. The van der Waals surface area contributed by atoms with Gasteiger partial charge in [-0.1, -0.05) is 42.5 Å². The van der Waals surface area contributed by atoms with Gasteiger partial charge < -0.3 is 9.72 Å². The summed E-state index contributed by atoms with van der Waals surface area (Å²) >= 11 is 0. The van der Waals surface area contributed by atoms with Gasteiger partial charge in [0.15, 0.2) is 5.82 Å². The summed E-state index contributed by atoms with van der Waals surface area (Å²) in [6, 6.07) is 24.1. The number of benzene rings is 2. The number of ether oxygens (including phenoxy) is 1. The van der Waals surface area contributed by atoms with Gasteiger partial charge in [-0.3, -0.25) is 20.1 Å². The molecule has 8 nitrogen and oxygen atoms in total. The van der Waals surface area contributed by atoms with E-state index >= 15 is 0 Å². The Balaban J connectivity index is 1.24. The Kier molecular flexibility index (Phi) is 5.33. The molecule has 38 heavy (non-hydrogen) atoms. The number of hydrogen-bond donors (Lipinski definition) is 2. The molecular weight excluding hydrogens is 474 g/mol. The van der Waals surface area contributed by atoms with Crippen LogP contribution in [0.15, 0.2) is 104 Å². The Hall–Kier alpha value is -5.37. The van der Waals surface area contributed by atoms with Gasteiger partial charge in [0.25, 0.3) is 0 Å². The summed E-state index contributed by atoms with van der Waals surface area (Å²) in [6.45, 7) is 0.470. The van der Waals surface area contributed by atoms with Crippen LogP contribution in [0.3, 0.4) is 0 Å². The normalized spacial score (nSPS) is 11.3. The number of hydrogen-bond acceptors (Lipinski definition) is 6. The Bertz CT molecular complexity index is 1880. The summed E-state index contributed by atoms with van der Waals surface area (Å²) in [5.74, 6) is 1.37. The van der Waals surface area contributed by atoms with Gasteiger partial charge in [-0.15, -0.1) is 0 Å². The summed E-state index contributed by atoms with van der Waals surface area (Å²) in [6.07, 6.45) is 8.85. The Morgan fingerprint density at radius 2 is 1.66 bits per heavy atom. The van der Waals surface area contributed by atoms with E-state index in [4.69, 9.17) is 9.72 Å². The number of aromatic nitrogens is 7. The van der Waals surface area contributed by atoms with Crippen LogP contribution in [0.4, 0.5) is 0 Å². The lowest BCUT2D eigenvalue weighted by Gasteiger charge is -2.08. The van der Waals surface area contributed by atoms with Gasteiger partial charge in [0.05, 0.1) is 34.6 Å². The van der Waals surface area contributed by atoms with Crippen molar-refractivity contribution in [3.8, 4) is 39.7 Å². The fraction of sp³-hybridized carbons (Fsp3) is 0.0333. The Labute approximate surface area is 217 Å². The van der Waals surface area contributed by atoms with Crippen molar-refractivity contribution in [1.82, 2.24) is 35.1 Å². The predicted octanol–water partition coefficient (Wildman–Crippen LogP) is 6.20. The molecule has 0 radical (unpaired) electrons. The second kappa shape index (κ2) is 9.25. The Morgan fingerprint density at radius 1 is 0.763 bits per heavy atom. The molecule has 8 heteroatoms. The first-order valence-electron chi connectivity index (χ1n) is 12.2. The van der Waals surface area contributed by atoms with Gasteiger partial charge in [0.2, 0.25) is 0 Å². The number of nitrogens with one attached hydrogen (secondary N) is 2. The number of para-hydroxylation sites is 1. The van der Waals surface area contributed by atoms with Gasteiger partial charge in [-0.2, -0.15) is 5.10 Å². The highest BCUT2D eigenvalue weighted by Gasteiger charge is 2.16. The molecule has 0 aliphatic heterocycles. The average molecular weight is 496 g/mol. The van der Waals surface area contributed by atoms with Crippen LogP contribution in [-0.2, 0) is 6.61 Å². The van der Waals surface area contributed by atoms with E-state index in [-0.39, 0.29) is 0 Å². The minimum absolute atomic E-state index is 0.470. The molecule has 2 aromatic carbocycles. The zero-order chi connectivity index (χ0) is 25.3. The van der Waals surface area contributed by atoms with Gasteiger partial charge in [-0.05, 0) is 41.5 Å². The minimum Gasteiger partial charge on any atom is -0.487 e. The maximum atomic E-state index is 5.97. The van der Waals surface area contributed by atoms with Crippen molar-refractivity contribution in [3.05, 3.63) is 109 Å². The van der Waals surface area contributed by atoms with E-state index in [2.05, 4.69) is 36.2 Å². The third-order valence-electron chi connectivity index (χ3n) is 6.43. The fourth-order valence-corrected chi connectivity index (χ4v) is 4.54. The standard InChI is InChI=1S/C30H21N7O/c1-2-5-19(6-3-1)18-38-22-13-21(15-32-16-22)26-14-24-27(17-33-26)36-37-29(24)30-34-25-8-4-7-23(28(25)35-30)20-9-11-31-12-10-20/h1-17H,18H2,(H,34,35)(H,36,37). The first-order valence-corrected chi connectivity index (χ1v) is 12.2. The number of nitrogens with zero attached hydrogens (tertiary/aromatic N) is 5. The zero-order valence-corrected chi connectivity index (χ0v) is 20.2. The molecule has 182 valence electrons. The van der Waals surface area contributed by atoms with Crippen LogP contribution in [-0.4, -0.2) is 35.1 Å². The molecule has 0 amide bonds. The highest BCUT2D eigenvalue weighted by Crippen LogP contribution is 2.32. The summed E-state index contributed by atoms with van der Waals surface area (Å²) in [5.41, 5.74) is 8.18. The zero-order valence-electron chi connectivity index (χ0n) is 20.2. The monoisotopic (exact) mass is 495 g/mol. The van der Waals surface area contributed by atoms with E-state index < -0.39 is 0 Å². The molecule has 0 unspecified atom stereocenters. The summed E-state index contributed by atoms with van der Waals surface area (Å²) in [4.78, 5) is 21.5. The lowest BCUT2D eigenvalue weighted by Crippen LogP contribution is -1.96. The van der Waals surface area contributed by atoms with E-state index in [1.165, 1.54) is 0 Å². The second-order valence-electron chi connectivity index (χ2n) is 8.89. The van der Waals surface area contributed by atoms with Crippen LogP contribution in [0, 0.1) is 0 Å². The maximum Gasteiger partial charge on any atom is 0.159 e. The van der Waals surface area contributed by atoms with Gasteiger partial charge >= 0.3 is 0 Å². The van der Waals surface area contributed by atoms with Crippen molar-refractivity contribution < 1.29 is 4.74 Å². The van der Waals surface area contributed by atoms with Crippen LogP contribution in [0.2, 0.25) is 0 Å². The van der Waals surface area contributed by atoms with E-state index in [0.717, 1.165) is 55.6 Å². The van der Waals surface area contributed by atoms with Crippen LogP contribution >= 0.6 is 0 Å². The molecule has 0 bridgehead atoms. The number of rotatable bonds is 6. The first-order chi connectivity index (χ1) is 18.8. The van der Waals surface area contributed by atoms with E-state index in [1.54, 1.807) is 31.0 Å². The van der Waals surface area contributed by atoms with Crippen molar-refractivity contribution in [2.75, 3.05) is 0 Å². The molecule has 0 atom stereocenters. The first kappa shape index (κ1) is 21.9. The third kappa shape index (κ3) is 4.04. The van der Waals surface area contributed by atoms with E-state index in [0.29, 0.717) is 18.2 Å². The smallest absolute Gasteiger partial charge is 0.159 e. The van der Waals surface area contributed by atoms with E-state index in [9.17, 15) is 0 Å². The van der Waals surface area contributed by atoms with Crippen molar-refractivity contribution in [2.24, 2.45) is 0 Å². The number of imidazole rings is 1. The third-order valence-corrected chi connectivity index (χ3v) is 6.43. The largest absolute Gasteiger partial charge is 0.487 e. The van der Waals surface area contributed by atoms with Crippen molar-refractivity contribution in [1.29, 1.82) is 0 Å². The van der Waals surface area contributed by atoms with Gasteiger partial charge in [-0.25, -0.2) is 4.98 Å². The molecule has 7 aromatic rings. The highest BCUT2D eigenvalue weighted by atomic mass is 16.5. The molecule has 0 saturated heterocycles. The fourth-order valence-electron chi connectivity index (χ4n) is 4.54. The number of fused-ring (bicyclic) bond motifs is 2. The summed E-state index contributed by atoms with van der Waals surface area (Å²) in [7, 11) is 0. The van der Waals surface area contributed by atoms with Crippen LogP contribution in [0.5, 0.6) is 5.75 Å². The summed E-state index contributed by atoms with van der Waals surface area (Å²) < 4.78 is 5.97. The quantitative estimate of drug-likeness (QED) is 0.284. The second-order valence-corrected chi connectivity index (χ2v) is 8.89. The molecule has 0 aliphatic carbocycles. The lowest BCUT2D eigenvalue weighted by atomic mass is 10.1. The molecular formula is C30H21N7O. The molecule has 0 fully saturated rings.